The summed E-state index contributed by atoms with van der Waals surface area (Å²) in [6.07, 6.45) is 2.52. The fourth-order valence-electron chi connectivity index (χ4n) is 1.90. The van der Waals surface area contributed by atoms with Crippen molar-refractivity contribution in [2.75, 3.05) is 41.3 Å². The van der Waals surface area contributed by atoms with Crippen molar-refractivity contribution in [1.82, 2.24) is 14.8 Å². The summed E-state index contributed by atoms with van der Waals surface area (Å²) in [6.45, 7) is 0.715. The summed E-state index contributed by atoms with van der Waals surface area (Å²) in [5, 5.41) is 9.45. The molecule has 1 aromatic rings. The van der Waals surface area contributed by atoms with Gasteiger partial charge in [0.05, 0.1) is 0 Å². The molecule has 1 N–H and O–H groups in total. The largest absolute Gasteiger partial charge is 0.396 e. The van der Waals surface area contributed by atoms with Gasteiger partial charge in [0.2, 0.25) is 0 Å². The maximum atomic E-state index is 9.45. The Morgan fingerprint density at radius 3 is 2.35 bits per heavy atom. The summed E-state index contributed by atoms with van der Waals surface area (Å²) in [6, 6.07) is 5.84. The van der Waals surface area contributed by atoms with Crippen molar-refractivity contribution >= 4 is 29.9 Å². The van der Waals surface area contributed by atoms with E-state index in [1.165, 1.54) is 0 Å². The number of pyridine rings is 1. The monoisotopic (exact) mass is 392 g/mol. The fraction of sp³-hybridized carbons (Fsp3) is 0.571. The molecule has 0 aliphatic carbocycles. The molecular weight excluding hydrogens is 367 g/mol. The van der Waals surface area contributed by atoms with Crippen LogP contribution in [0.5, 0.6) is 0 Å². The van der Waals surface area contributed by atoms with E-state index in [1.54, 1.807) is 6.20 Å². The molecule has 0 aliphatic rings. The fourth-order valence-corrected chi connectivity index (χ4v) is 1.90. The van der Waals surface area contributed by atoms with Gasteiger partial charge in [-0.05, 0) is 18.6 Å². The first-order valence-corrected chi connectivity index (χ1v) is 6.44. The van der Waals surface area contributed by atoms with Crippen LogP contribution in [0.4, 0.5) is 0 Å². The molecule has 0 aromatic carbocycles. The third kappa shape index (κ3) is 6.51. The zero-order valence-electron chi connectivity index (χ0n) is 12.7. The number of hydrogen-bond acceptors (Lipinski definition) is 3. The van der Waals surface area contributed by atoms with E-state index in [1.807, 2.05) is 56.2 Å². The molecule has 0 bridgehead atoms. The number of guanidine groups is 1. The van der Waals surface area contributed by atoms with Gasteiger partial charge in [0, 0.05) is 59.2 Å². The standard InChI is InChI=1S/C14H24N4O.HI/c1-17(2)14(18(3)4)16-10-12(11-19)9-13-7-5-6-8-15-13;/h5-8,12,19H,9-11H2,1-4H3;1H. The van der Waals surface area contributed by atoms with E-state index in [0.29, 0.717) is 6.54 Å². The van der Waals surface area contributed by atoms with Crippen LogP contribution >= 0.6 is 24.0 Å². The predicted molar refractivity (Wildman–Crippen MR) is 93.6 cm³/mol. The number of aromatic nitrogens is 1. The first-order chi connectivity index (χ1) is 9.04. The van der Waals surface area contributed by atoms with E-state index >= 15 is 0 Å². The maximum absolute atomic E-state index is 9.45. The topological polar surface area (TPSA) is 52.0 Å². The molecule has 0 aliphatic heterocycles. The van der Waals surface area contributed by atoms with E-state index < -0.39 is 0 Å². The Morgan fingerprint density at radius 1 is 1.25 bits per heavy atom. The average Bonchev–Trinajstić information content (AvgIpc) is 2.38. The van der Waals surface area contributed by atoms with Crippen molar-refractivity contribution in [1.29, 1.82) is 0 Å². The SMILES string of the molecule is CN(C)C(=NCC(CO)Cc1ccccn1)N(C)C.I. The Bertz CT molecular complexity index is 385. The third-order valence-electron chi connectivity index (χ3n) is 2.77. The molecule has 6 heteroatoms. The van der Waals surface area contributed by atoms with Crippen molar-refractivity contribution in [3.8, 4) is 0 Å². The lowest BCUT2D eigenvalue weighted by atomic mass is 10.0. The van der Waals surface area contributed by atoms with Gasteiger partial charge >= 0.3 is 0 Å². The highest BCUT2D eigenvalue weighted by Crippen LogP contribution is 2.07. The summed E-state index contributed by atoms with van der Waals surface area (Å²) in [7, 11) is 7.86. The zero-order valence-corrected chi connectivity index (χ0v) is 15.0. The quantitative estimate of drug-likeness (QED) is 0.467. The predicted octanol–water partition coefficient (Wildman–Crippen LogP) is 1.33. The first-order valence-electron chi connectivity index (χ1n) is 6.44. The molecule has 1 aromatic heterocycles. The van der Waals surface area contributed by atoms with Crippen LogP contribution in [0.3, 0.4) is 0 Å². The van der Waals surface area contributed by atoms with E-state index in [0.717, 1.165) is 18.1 Å². The number of rotatable bonds is 5. The molecule has 0 radical (unpaired) electrons. The second-order valence-electron chi connectivity index (χ2n) is 5.00. The summed E-state index contributed by atoms with van der Waals surface area (Å²) in [5.74, 6) is 1.00. The van der Waals surface area contributed by atoms with Crippen LogP contribution < -0.4 is 0 Å². The van der Waals surface area contributed by atoms with Crippen LogP contribution in [0.1, 0.15) is 5.69 Å². The highest BCUT2D eigenvalue weighted by molar-refractivity contribution is 14.0. The zero-order chi connectivity index (χ0) is 14.3. The van der Waals surface area contributed by atoms with E-state index in [2.05, 4.69) is 9.98 Å². The molecule has 20 heavy (non-hydrogen) atoms. The number of aliphatic hydroxyl groups is 1. The second-order valence-corrected chi connectivity index (χ2v) is 5.00. The highest BCUT2D eigenvalue weighted by atomic mass is 127. The van der Waals surface area contributed by atoms with Crippen LogP contribution in [0.15, 0.2) is 29.4 Å². The molecule has 0 saturated carbocycles. The first kappa shape index (κ1) is 19.1. The molecule has 0 saturated heterocycles. The van der Waals surface area contributed by atoms with Gasteiger partial charge in [0.25, 0.3) is 0 Å². The van der Waals surface area contributed by atoms with Crippen LogP contribution in [0.2, 0.25) is 0 Å². The van der Waals surface area contributed by atoms with Crippen LogP contribution in [-0.2, 0) is 6.42 Å². The van der Waals surface area contributed by atoms with Crippen LogP contribution in [0, 0.1) is 5.92 Å². The molecule has 0 amide bonds. The van der Waals surface area contributed by atoms with Crippen molar-refractivity contribution in [2.45, 2.75) is 6.42 Å². The molecular formula is C14H25IN4O. The van der Waals surface area contributed by atoms with Gasteiger partial charge in [-0.2, -0.15) is 0 Å². The summed E-state index contributed by atoms with van der Waals surface area (Å²) in [5.41, 5.74) is 0.994. The van der Waals surface area contributed by atoms with Gasteiger partial charge in [0.15, 0.2) is 5.96 Å². The summed E-state index contributed by atoms with van der Waals surface area (Å²) >= 11 is 0. The summed E-state index contributed by atoms with van der Waals surface area (Å²) < 4.78 is 0. The Labute approximate surface area is 138 Å². The van der Waals surface area contributed by atoms with E-state index in [-0.39, 0.29) is 36.5 Å². The van der Waals surface area contributed by atoms with Crippen molar-refractivity contribution in [3.05, 3.63) is 30.1 Å². The highest BCUT2D eigenvalue weighted by Gasteiger charge is 2.11. The second kappa shape index (κ2) is 9.93. The number of aliphatic imine (C=N–C) groups is 1. The van der Waals surface area contributed by atoms with Gasteiger partial charge in [-0.3, -0.25) is 9.98 Å². The Balaban J connectivity index is 0.00000361. The Kier molecular flexibility index (Phi) is 9.49. The number of aliphatic hydroxyl groups excluding tert-OH is 1. The van der Waals surface area contributed by atoms with Gasteiger partial charge in [-0.15, -0.1) is 24.0 Å². The average molecular weight is 392 g/mol. The smallest absolute Gasteiger partial charge is 0.195 e. The molecule has 0 fully saturated rings. The van der Waals surface area contributed by atoms with Gasteiger partial charge in [-0.1, -0.05) is 6.07 Å². The van der Waals surface area contributed by atoms with Gasteiger partial charge in [-0.25, -0.2) is 0 Å². The molecule has 0 spiro atoms. The molecule has 1 heterocycles. The number of nitrogens with zero attached hydrogens (tertiary/aromatic N) is 4. The lowest BCUT2D eigenvalue weighted by Crippen LogP contribution is -2.36. The minimum Gasteiger partial charge on any atom is -0.396 e. The minimum absolute atomic E-state index is 0. The minimum atomic E-state index is 0. The Morgan fingerprint density at radius 2 is 1.90 bits per heavy atom. The Hall–Kier alpha value is -0.890. The van der Waals surface area contributed by atoms with Gasteiger partial charge < -0.3 is 14.9 Å². The normalized spacial score (nSPS) is 11.2. The lowest BCUT2D eigenvalue weighted by molar-refractivity contribution is 0.228. The molecule has 1 rings (SSSR count). The third-order valence-corrected chi connectivity index (χ3v) is 2.77. The molecule has 114 valence electrons. The lowest BCUT2D eigenvalue weighted by Gasteiger charge is -2.23. The van der Waals surface area contributed by atoms with Crippen molar-refractivity contribution in [2.24, 2.45) is 10.9 Å². The van der Waals surface area contributed by atoms with Gasteiger partial charge in [0.1, 0.15) is 0 Å². The maximum Gasteiger partial charge on any atom is 0.195 e. The van der Waals surface area contributed by atoms with Crippen molar-refractivity contribution < 1.29 is 5.11 Å². The van der Waals surface area contributed by atoms with Crippen LogP contribution in [0.25, 0.3) is 0 Å². The molecule has 1 atom stereocenters. The van der Waals surface area contributed by atoms with E-state index in [4.69, 9.17) is 0 Å². The number of halogens is 1. The number of hydrogen-bond donors (Lipinski definition) is 1. The van der Waals surface area contributed by atoms with Crippen LogP contribution in [-0.4, -0.2) is 67.2 Å². The summed E-state index contributed by atoms with van der Waals surface area (Å²) in [4.78, 5) is 12.8. The van der Waals surface area contributed by atoms with Crippen molar-refractivity contribution in [3.63, 3.8) is 0 Å². The molecule has 5 nitrogen and oxygen atoms in total. The molecule has 1 unspecified atom stereocenters. The van der Waals surface area contributed by atoms with E-state index in [9.17, 15) is 5.11 Å².